The molecule has 1 N–H and O–H groups in total. The maximum absolute atomic E-state index is 13.1. The molecule has 0 aromatic heterocycles. The van der Waals surface area contributed by atoms with Crippen LogP contribution in [-0.4, -0.2) is 31.8 Å². The van der Waals surface area contributed by atoms with Gasteiger partial charge in [-0.25, -0.2) is 8.42 Å². The molecule has 4 rings (SSSR count). The van der Waals surface area contributed by atoms with Crippen molar-refractivity contribution >= 4 is 33.2 Å². The summed E-state index contributed by atoms with van der Waals surface area (Å²) in [6, 6.07) is 10.6. The summed E-state index contributed by atoms with van der Waals surface area (Å²) in [6.45, 7) is 0.555. The third-order valence-corrected chi connectivity index (χ3v) is 6.69. The van der Waals surface area contributed by atoms with Gasteiger partial charge in [0.15, 0.2) is 6.61 Å². The summed E-state index contributed by atoms with van der Waals surface area (Å²) in [5, 5.41) is 2.67. The van der Waals surface area contributed by atoms with Gasteiger partial charge in [-0.1, -0.05) is 35.9 Å². The number of carbonyl (C=O) groups is 1. The highest BCUT2D eigenvalue weighted by molar-refractivity contribution is 7.89. The number of anilines is 1. The summed E-state index contributed by atoms with van der Waals surface area (Å²) in [5.74, 6) is 0.00629. The molecule has 25 heavy (non-hydrogen) atoms. The molecule has 0 unspecified atom stereocenters. The van der Waals surface area contributed by atoms with Crippen LogP contribution in [-0.2, 0) is 27.8 Å². The highest BCUT2D eigenvalue weighted by Crippen LogP contribution is 2.37. The summed E-state index contributed by atoms with van der Waals surface area (Å²) < 4.78 is 32.9. The second-order valence-corrected chi connectivity index (χ2v) is 8.29. The fourth-order valence-electron chi connectivity index (χ4n) is 3.09. The minimum absolute atomic E-state index is 0.0107. The lowest BCUT2D eigenvalue weighted by Gasteiger charge is -2.29. The van der Waals surface area contributed by atoms with Crippen LogP contribution in [0.25, 0.3) is 0 Å². The Morgan fingerprint density at radius 1 is 1.16 bits per heavy atom. The van der Waals surface area contributed by atoms with Crippen molar-refractivity contribution in [2.24, 2.45) is 0 Å². The molecule has 1 amide bonds. The molecule has 6 nitrogen and oxygen atoms in total. The van der Waals surface area contributed by atoms with Crippen molar-refractivity contribution in [1.29, 1.82) is 0 Å². The van der Waals surface area contributed by atoms with E-state index in [9.17, 15) is 13.2 Å². The van der Waals surface area contributed by atoms with Gasteiger partial charge in [-0.15, -0.1) is 0 Å². The molecule has 0 aliphatic carbocycles. The summed E-state index contributed by atoms with van der Waals surface area (Å²) in [7, 11) is -3.77. The van der Waals surface area contributed by atoms with Crippen molar-refractivity contribution in [3.8, 4) is 5.75 Å². The topological polar surface area (TPSA) is 75.7 Å². The average molecular weight is 379 g/mol. The number of benzene rings is 2. The van der Waals surface area contributed by atoms with Crippen molar-refractivity contribution in [2.75, 3.05) is 18.5 Å². The molecule has 2 aliphatic rings. The van der Waals surface area contributed by atoms with Crippen LogP contribution in [0.3, 0.4) is 0 Å². The highest BCUT2D eigenvalue weighted by atomic mass is 35.5. The number of rotatable bonds is 2. The summed E-state index contributed by atoms with van der Waals surface area (Å²) in [5.41, 5.74) is 2.54. The fraction of sp³-hybridized carbons (Fsp3) is 0.235. The number of halogens is 1. The normalized spacial score (nSPS) is 17.2. The van der Waals surface area contributed by atoms with Crippen molar-refractivity contribution in [3.63, 3.8) is 0 Å². The van der Waals surface area contributed by atoms with Crippen molar-refractivity contribution in [3.05, 3.63) is 52.5 Å². The van der Waals surface area contributed by atoms with Crippen LogP contribution < -0.4 is 10.1 Å². The van der Waals surface area contributed by atoms with E-state index >= 15 is 0 Å². The predicted molar refractivity (Wildman–Crippen MR) is 93.3 cm³/mol. The molecule has 0 spiro atoms. The van der Waals surface area contributed by atoms with Gasteiger partial charge in [0.25, 0.3) is 5.91 Å². The molecule has 0 saturated carbocycles. The Kier molecular flexibility index (Phi) is 3.94. The van der Waals surface area contributed by atoms with Gasteiger partial charge in [-0.2, -0.15) is 4.31 Å². The first-order valence-corrected chi connectivity index (χ1v) is 9.60. The van der Waals surface area contributed by atoms with Crippen molar-refractivity contribution < 1.29 is 17.9 Å². The number of fused-ring (bicyclic) bond motifs is 2. The van der Waals surface area contributed by atoms with Crippen LogP contribution >= 0.6 is 11.6 Å². The average Bonchev–Trinajstić information content (AvgIpc) is 2.60. The molecule has 2 aromatic carbocycles. The molecule has 130 valence electrons. The third-order valence-electron chi connectivity index (χ3n) is 4.38. The Labute approximate surface area is 150 Å². The van der Waals surface area contributed by atoms with E-state index in [1.54, 1.807) is 0 Å². The molecule has 0 fully saturated rings. The van der Waals surface area contributed by atoms with Gasteiger partial charge in [0.05, 0.1) is 10.7 Å². The largest absolute Gasteiger partial charge is 0.482 e. The molecular weight excluding hydrogens is 364 g/mol. The van der Waals surface area contributed by atoms with Crippen LogP contribution in [0.2, 0.25) is 5.02 Å². The van der Waals surface area contributed by atoms with Crippen LogP contribution in [0, 0.1) is 0 Å². The summed E-state index contributed by atoms with van der Waals surface area (Å²) in [6.07, 6.45) is 0.657. The Hall–Kier alpha value is -2.09. The van der Waals surface area contributed by atoms with Gasteiger partial charge in [-0.05, 0) is 23.6 Å². The number of sulfonamides is 1. The lowest BCUT2D eigenvalue weighted by molar-refractivity contribution is -0.118. The fourth-order valence-corrected chi connectivity index (χ4v) is 5.03. The van der Waals surface area contributed by atoms with E-state index in [4.69, 9.17) is 16.3 Å². The maximum atomic E-state index is 13.1. The molecular formula is C17H15ClN2O4S. The highest BCUT2D eigenvalue weighted by Gasteiger charge is 2.31. The molecule has 0 bridgehead atoms. The predicted octanol–water partition coefficient (Wildman–Crippen LogP) is 2.42. The Morgan fingerprint density at radius 3 is 2.72 bits per heavy atom. The lowest BCUT2D eigenvalue weighted by Crippen LogP contribution is -2.36. The van der Waals surface area contributed by atoms with E-state index in [1.807, 2.05) is 24.3 Å². The first-order chi connectivity index (χ1) is 11.9. The van der Waals surface area contributed by atoms with Gasteiger partial charge < -0.3 is 10.1 Å². The second-order valence-electron chi connectivity index (χ2n) is 5.97. The third kappa shape index (κ3) is 2.88. The van der Waals surface area contributed by atoms with Crippen LogP contribution in [0.5, 0.6) is 5.75 Å². The van der Waals surface area contributed by atoms with E-state index in [2.05, 4.69) is 5.32 Å². The number of nitrogens with one attached hydrogen (secondary N) is 1. The molecule has 0 atom stereocenters. The molecule has 2 aromatic rings. The van der Waals surface area contributed by atoms with E-state index in [0.717, 1.165) is 11.1 Å². The van der Waals surface area contributed by atoms with E-state index in [1.165, 1.54) is 16.4 Å². The maximum Gasteiger partial charge on any atom is 0.262 e. The van der Waals surface area contributed by atoms with E-state index in [-0.39, 0.29) is 22.4 Å². The Bertz CT molecular complexity index is 975. The molecule has 8 heteroatoms. The zero-order chi connectivity index (χ0) is 17.6. The molecule has 2 heterocycles. The number of carbonyl (C=O) groups excluding carboxylic acids is 1. The van der Waals surface area contributed by atoms with Gasteiger partial charge in [0.2, 0.25) is 10.0 Å². The monoisotopic (exact) mass is 378 g/mol. The number of ether oxygens (including phenoxy) is 1. The standard InChI is InChI=1S/C17H15ClN2O4S/c18-13-7-14-15(24-10-17(21)19-14)8-16(13)25(22,23)20-6-5-11-3-1-2-4-12(11)9-20/h1-4,7-8H,5-6,9-10H2,(H,19,21). The number of amides is 1. The second kappa shape index (κ2) is 6.01. The van der Waals surface area contributed by atoms with Crippen LogP contribution in [0.1, 0.15) is 11.1 Å². The van der Waals surface area contributed by atoms with Gasteiger partial charge >= 0.3 is 0 Å². The first-order valence-electron chi connectivity index (χ1n) is 7.78. The minimum Gasteiger partial charge on any atom is -0.482 e. The van der Waals surface area contributed by atoms with E-state index < -0.39 is 10.0 Å². The van der Waals surface area contributed by atoms with Crippen molar-refractivity contribution in [2.45, 2.75) is 17.9 Å². The zero-order valence-corrected chi connectivity index (χ0v) is 14.7. The van der Waals surface area contributed by atoms with Gasteiger partial charge in [-0.3, -0.25) is 4.79 Å². The van der Waals surface area contributed by atoms with Crippen LogP contribution in [0.4, 0.5) is 5.69 Å². The molecule has 2 aliphatic heterocycles. The molecule has 0 saturated heterocycles. The van der Waals surface area contributed by atoms with Crippen molar-refractivity contribution in [1.82, 2.24) is 4.31 Å². The van der Waals surface area contributed by atoms with Gasteiger partial charge in [0, 0.05) is 19.2 Å². The van der Waals surface area contributed by atoms with Crippen LogP contribution in [0.15, 0.2) is 41.3 Å². The SMILES string of the molecule is O=C1COc2cc(S(=O)(=O)N3CCc4ccccc4C3)c(Cl)cc2N1. The zero-order valence-electron chi connectivity index (χ0n) is 13.2. The lowest BCUT2D eigenvalue weighted by atomic mass is 10.0. The Morgan fingerprint density at radius 2 is 1.92 bits per heavy atom. The molecule has 0 radical (unpaired) electrons. The van der Waals surface area contributed by atoms with E-state index in [0.29, 0.717) is 30.9 Å². The number of hydrogen-bond donors (Lipinski definition) is 1. The quantitative estimate of drug-likeness (QED) is 0.870. The number of hydrogen-bond acceptors (Lipinski definition) is 4. The minimum atomic E-state index is -3.77. The number of nitrogens with zero attached hydrogens (tertiary/aromatic N) is 1. The smallest absolute Gasteiger partial charge is 0.262 e. The Balaban J connectivity index is 1.71. The summed E-state index contributed by atoms with van der Waals surface area (Å²) >= 11 is 6.20. The first kappa shape index (κ1) is 16.4. The van der Waals surface area contributed by atoms with Gasteiger partial charge in [0.1, 0.15) is 10.6 Å². The summed E-state index contributed by atoms with van der Waals surface area (Å²) in [4.78, 5) is 11.4.